The highest BCUT2D eigenvalue weighted by Gasteiger charge is 2.35. The topological polar surface area (TPSA) is 88.9 Å². The summed E-state index contributed by atoms with van der Waals surface area (Å²) in [5.74, 6) is 1.08. The molecule has 8 nitrogen and oxygen atoms in total. The van der Waals surface area contributed by atoms with E-state index in [2.05, 4.69) is 86.0 Å². The Morgan fingerprint density at radius 2 is 1.97 bits per heavy atom. The van der Waals surface area contributed by atoms with Crippen LogP contribution in [-0.2, 0) is 16.8 Å². The Kier molecular flexibility index (Phi) is 7.43. The van der Waals surface area contributed by atoms with Gasteiger partial charge in [0, 0.05) is 30.8 Å². The summed E-state index contributed by atoms with van der Waals surface area (Å²) in [7, 11) is 0. The molecular formula is C27H40N6O2. The normalized spacial score (nSPS) is 17.7. The van der Waals surface area contributed by atoms with Crippen LogP contribution in [0.3, 0.4) is 0 Å². The lowest BCUT2D eigenvalue weighted by molar-refractivity contribution is 0.0368. The number of hydrogen-bond acceptors (Lipinski definition) is 6. The van der Waals surface area contributed by atoms with E-state index in [0.717, 1.165) is 54.7 Å². The molecule has 1 aromatic carbocycles. The van der Waals surface area contributed by atoms with Gasteiger partial charge in [0.2, 0.25) is 0 Å². The Bertz CT molecular complexity index is 1220. The van der Waals surface area contributed by atoms with Gasteiger partial charge in [-0.2, -0.15) is 0 Å². The minimum absolute atomic E-state index is 0.0471. The maximum atomic E-state index is 13.2. The highest BCUT2D eigenvalue weighted by atomic mass is 16.5. The SMILES string of the molecule is CCC(C)(C)n1nnnc1[C@H](C(C)C)N(Cc1cc2cc(C)c(C)cc2[nH]c1=O)C[C@H]1CCCO1. The van der Waals surface area contributed by atoms with E-state index in [1.807, 2.05) is 10.7 Å². The fourth-order valence-corrected chi connectivity index (χ4v) is 5.03. The van der Waals surface area contributed by atoms with Crippen molar-refractivity contribution in [2.24, 2.45) is 5.92 Å². The lowest BCUT2D eigenvalue weighted by Crippen LogP contribution is -2.41. The van der Waals surface area contributed by atoms with Crippen LogP contribution >= 0.6 is 0 Å². The third-order valence-electron chi connectivity index (χ3n) is 7.59. The Labute approximate surface area is 208 Å². The molecule has 0 radical (unpaired) electrons. The molecule has 2 aromatic heterocycles. The van der Waals surface area contributed by atoms with Gasteiger partial charge >= 0.3 is 0 Å². The number of pyridine rings is 1. The Balaban J connectivity index is 1.77. The van der Waals surface area contributed by atoms with E-state index >= 15 is 0 Å². The Hall–Kier alpha value is -2.58. The summed E-state index contributed by atoms with van der Waals surface area (Å²) in [6.45, 7) is 17.1. The largest absolute Gasteiger partial charge is 0.377 e. The first-order valence-corrected chi connectivity index (χ1v) is 12.9. The van der Waals surface area contributed by atoms with Crippen molar-refractivity contribution in [1.82, 2.24) is 30.1 Å². The Morgan fingerprint density at radius 3 is 2.63 bits per heavy atom. The molecule has 3 heterocycles. The van der Waals surface area contributed by atoms with Crippen LogP contribution in [0.5, 0.6) is 0 Å². The van der Waals surface area contributed by atoms with Crippen molar-refractivity contribution in [2.75, 3.05) is 13.2 Å². The van der Waals surface area contributed by atoms with Gasteiger partial charge in [0.1, 0.15) is 0 Å². The molecule has 1 N–H and O–H groups in total. The summed E-state index contributed by atoms with van der Waals surface area (Å²) < 4.78 is 8.00. The van der Waals surface area contributed by atoms with Gasteiger partial charge in [-0.25, -0.2) is 4.68 Å². The molecule has 1 saturated heterocycles. The van der Waals surface area contributed by atoms with Crippen molar-refractivity contribution >= 4 is 10.9 Å². The number of fused-ring (bicyclic) bond motifs is 1. The first-order chi connectivity index (χ1) is 16.6. The highest BCUT2D eigenvalue weighted by Crippen LogP contribution is 2.33. The number of aromatic nitrogens is 5. The fourth-order valence-electron chi connectivity index (χ4n) is 5.03. The maximum absolute atomic E-state index is 13.2. The van der Waals surface area contributed by atoms with Gasteiger partial charge < -0.3 is 9.72 Å². The molecular weight excluding hydrogens is 440 g/mol. The molecule has 3 aromatic rings. The van der Waals surface area contributed by atoms with E-state index in [-0.39, 0.29) is 29.2 Å². The third-order valence-corrected chi connectivity index (χ3v) is 7.59. The molecule has 1 aliphatic rings. The molecule has 0 amide bonds. The number of aryl methyl sites for hydroxylation is 2. The van der Waals surface area contributed by atoms with E-state index in [0.29, 0.717) is 6.54 Å². The van der Waals surface area contributed by atoms with Gasteiger partial charge in [-0.1, -0.05) is 20.8 Å². The van der Waals surface area contributed by atoms with Crippen molar-refractivity contribution in [3.05, 3.63) is 51.1 Å². The molecule has 0 unspecified atom stereocenters. The number of H-pyrrole nitrogens is 1. The van der Waals surface area contributed by atoms with E-state index < -0.39 is 0 Å². The van der Waals surface area contributed by atoms with Crippen LogP contribution in [0.25, 0.3) is 10.9 Å². The van der Waals surface area contributed by atoms with Gasteiger partial charge in [0.15, 0.2) is 5.82 Å². The van der Waals surface area contributed by atoms with Crippen LogP contribution in [0.15, 0.2) is 23.0 Å². The van der Waals surface area contributed by atoms with E-state index in [4.69, 9.17) is 4.74 Å². The first-order valence-electron chi connectivity index (χ1n) is 12.9. The number of ether oxygens (including phenoxy) is 1. The van der Waals surface area contributed by atoms with Crippen molar-refractivity contribution in [3.63, 3.8) is 0 Å². The summed E-state index contributed by atoms with van der Waals surface area (Å²) in [6.07, 6.45) is 3.15. The maximum Gasteiger partial charge on any atom is 0.252 e. The first kappa shape index (κ1) is 25.5. The van der Waals surface area contributed by atoms with Gasteiger partial charge in [-0.15, -0.1) is 5.10 Å². The number of tetrazole rings is 1. The van der Waals surface area contributed by atoms with Gasteiger partial charge in [0.05, 0.1) is 17.7 Å². The summed E-state index contributed by atoms with van der Waals surface area (Å²) in [5.41, 5.74) is 3.75. The second kappa shape index (κ2) is 10.2. The average molecular weight is 481 g/mol. The second-order valence-corrected chi connectivity index (χ2v) is 11.0. The minimum atomic E-state index is -0.211. The molecule has 0 saturated carbocycles. The minimum Gasteiger partial charge on any atom is -0.377 e. The Morgan fingerprint density at radius 1 is 1.23 bits per heavy atom. The van der Waals surface area contributed by atoms with Crippen LogP contribution in [0.2, 0.25) is 0 Å². The summed E-state index contributed by atoms with van der Waals surface area (Å²) in [4.78, 5) is 18.7. The molecule has 2 atom stereocenters. The van der Waals surface area contributed by atoms with Crippen LogP contribution < -0.4 is 5.56 Å². The molecule has 8 heteroatoms. The fraction of sp³-hybridized carbons (Fsp3) is 0.630. The standard InChI is InChI=1S/C27H40N6O2/c1-8-27(6,7)33-25(29-30-31-33)24(17(2)3)32(16-22-10-9-11-35-22)15-21-14-20-12-18(4)19(5)13-23(20)28-26(21)34/h12-14,17,22,24H,8-11,15-16H2,1-7H3,(H,28,34)/t22-,24+/m1/s1. The number of nitrogens with one attached hydrogen (secondary N) is 1. The van der Waals surface area contributed by atoms with E-state index in [9.17, 15) is 4.79 Å². The lowest BCUT2D eigenvalue weighted by atomic mass is 9.97. The summed E-state index contributed by atoms with van der Waals surface area (Å²) >= 11 is 0. The number of nitrogens with zero attached hydrogens (tertiary/aromatic N) is 5. The summed E-state index contributed by atoms with van der Waals surface area (Å²) in [5, 5.41) is 14.0. The zero-order chi connectivity index (χ0) is 25.3. The molecule has 1 fully saturated rings. The zero-order valence-electron chi connectivity index (χ0n) is 22.3. The quantitative estimate of drug-likeness (QED) is 0.479. The van der Waals surface area contributed by atoms with E-state index in [1.54, 1.807) is 0 Å². The van der Waals surface area contributed by atoms with Gasteiger partial charge in [-0.05, 0) is 98.0 Å². The van der Waals surface area contributed by atoms with Gasteiger partial charge in [-0.3, -0.25) is 9.69 Å². The van der Waals surface area contributed by atoms with E-state index in [1.165, 1.54) is 11.1 Å². The predicted molar refractivity (Wildman–Crippen MR) is 138 cm³/mol. The van der Waals surface area contributed by atoms with Crippen LogP contribution in [-0.4, -0.2) is 49.3 Å². The molecule has 4 rings (SSSR count). The molecule has 35 heavy (non-hydrogen) atoms. The van der Waals surface area contributed by atoms with Crippen molar-refractivity contribution in [1.29, 1.82) is 0 Å². The van der Waals surface area contributed by atoms with Crippen molar-refractivity contribution in [2.45, 2.75) is 92.0 Å². The molecule has 0 bridgehead atoms. The summed E-state index contributed by atoms with van der Waals surface area (Å²) in [6, 6.07) is 6.19. The average Bonchev–Trinajstić information content (AvgIpc) is 3.48. The monoisotopic (exact) mass is 480 g/mol. The highest BCUT2D eigenvalue weighted by molar-refractivity contribution is 5.80. The number of benzene rings is 1. The number of aromatic amines is 1. The van der Waals surface area contributed by atoms with Crippen LogP contribution in [0, 0.1) is 19.8 Å². The van der Waals surface area contributed by atoms with Crippen LogP contribution in [0.4, 0.5) is 0 Å². The molecule has 0 aliphatic carbocycles. The van der Waals surface area contributed by atoms with Crippen LogP contribution in [0.1, 0.15) is 82.4 Å². The predicted octanol–water partition coefficient (Wildman–Crippen LogP) is 4.65. The zero-order valence-corrected chi connectivity index (χ0v) is 22.3. The third kappa shape index (κ3) is 5.33. The lowest BCUT2D eigenvalue weighted by Gasteiger charge is -2.36. The number of hydrogen-bond donors (Lipinski definition) is 1. The van der Waals surface area contributed by atoms with Crippen molar-refractivity contribution in [3.8, 4) is 0 Å². The number of rotatable bonds is 9. The molecule has 1 aliphatic heterocycles. The molecule has 0 spiro atoms. The molecule has 190 valence electrons. The van der Waals surface area contributed by atoms with Crippen molar-refractivity contribution < 1.29 is 4.74 Å². The smallest absolute Gasteiger partial charge is 0.252 e. The second-order valence-electron chi connectivity index (χ2n) is 11.0. The van der Waals surface area contributed by atoms with Gasteiger partial charge in [0.25, 0.3) is 5.56 Å².